The summed E-state index contributed by atoms with van der Waals surface area (Å²) in [5.74, 6) is 0. The Labute approximate surface area is 320 Å². The number of fused-ring (bicyclic) bond motifs is 5. The highest BCUT2D eigenvalue weighted by Crippen LogP contribution is 2.54. The molecule has 0 atom stereocenters. The van der Waals surface area contributed by atoms with Crippen molar-refractivity contribution in [2.45, 2.75) is 0 Å². The van der Waals surface area contributed by atoms with Crippen molar-refractivity contribution in [1.29, 1.82) is 0 Å². The molecule has 0 aliphatic rings. The monoisotopic (exact) mass is 704 g/mol. The number of nitrogens with zero attached hydrogens (tertiary/aromatic N) is 2. The zero-order chi connectivity index (χ0) is 36.6. The van der Waals surface area contributed by atoms with Crippen LogP contribution in [0.15, 0.2) is 223 Å². The fourth-order valence-electron chi connectivity index (χ4n) is 8.02. The van der Waals surface area contributed by atoms with Gasteiger partial charge in [-0.2, -0.15) is 0 Å². The molecular formula is C52H36N2O. The normalized spacial score (nSPS) is 11.3. The Morgan fingerprint density at radius 1 is 0.309 bits per heavy atom. The maximum absolute atomic E-state index is 6.83. The van der Waals surface area contributed by atoms with Crippen LogP contribution in [-0.4, -0.2) is 0 Å². The number of furan rings is 1. The maximum atomic E-state index is 6.83. The van der Waals surface area contributed by atoms with Crippen molar-refractivity contribution in [3.05, 3.63) is 218 Å². The van der Waals surface area contributed by atoms with E-state index in [2.05, 4.69) is 228 Å². The van der Waals surface area contributed by atoms with Crippen LogP contribution in [0.4, 0.5) is 34.1 Å². The summed E-state index contributed by atoms with van der Waals surface area (Å²) in [7, 11) is 0. The summed E-state index contributed by atoms with van der Waals surface area (Å²) in [5.41, 5.74) is 12.5. The minimum atomic E-state index is 0.826. The van der Waals surface area contributed by atoms with E-state index in [-0.39, 0.29) is 0 Å². The molecule has 0 radical (unpaired) electrons. The lowest BCUT2D eigenvalue weighted by Crippen LogP contribution is -2.18. The molecule has 9 aromatic carbocycles. The van der Waals surface area contributed by atoms with E-state index in [0.717, 1.165) is 83.7 Å². The van der Waals surface area contributed by atoms with Crippen LogP contribution in [0.25, 0.3) is 55.0 Å². The molecular weight excluding hydrogens is 669 g/mol. The summed E-state index contributed by atoms with van der Waals surface area (Å²) in [5, 5.41) is 4.46. The van der Waals surface area contributed by atoms with Gasteiger partial charge >= 0.3 is 0 Å². The van der Waals surface area contributed by atoms with Gasteiger partial charge in [0.15, 0.2) is 0 Å². The highest BCUT2D eigenvalue weighted by atomic mass is 16.3. The Hall–Kier alpha value is -7.36. The quantitative estimate of drug-likeness (QED) is 0.157. The maximum Gasteiger partial charge on any atom is 0.137 e. The number of para-hydroxylation sites is 4. The summed E-state index contributed by atoms with van der Waals surface area (Å²) in [4.78, 5) is 4.86. The average molecular weight is 705 g/mol. The molecule has 1 aromatic heterocycles. The predicted octanol–water partition coefficient (Wildman–Crippen LogP) is 15.0. The van der Waals surface area contributed by atoms with E-state index in [9.17, 15) is 0 Å². The first kappa shape index (κ1) is 32.3. The van der Waals surface area contributed by atoms with Gasteiger partial charge in [-0.25, -0.2) is 0 Å². The third-order valence-electron chi connectivity index (χ3n) is 10.4. The summed E-state index contributed by atoms with van der Waals surface area (Å²) in [6.45, 7) is 0. The van der Waals surface area contributed by atoms with Gasteiger partial charge in [-0.3, -0.25) is 0 Å². The number of rotatable bonds is 8. The highest BCUT2D eigenvalue weighted by molar-refractivity contribution is 6.25. The second kappa shape index (κ2) is 13.9. The van der Waals surface area contributed by atoms with Crippen LogP contribution in [0.3, 0.4) is 0 Å². The van der Waals surface area contributed by atoms with Gasteiger partial charge in [-0.1, -0.05) is 164 Å². The molecule has 10 aromatic rings. The lowest BCUT2D eigenvalue weighted by Gasteiger charge is -2.35. The van der Waals surface area contributed by atoms with E-state index in [0.29, 0.717) is 0 Å². The Morgan fingerprint density at radius 2 is 0.764 bits per heavy atom. The molecule has 0 bridgehead atoms. The summed E-state index contributed by atoms with van der Waals surface area (Å²) in [6.07, 6.45) is 0. The molecule has 0 spiro atoms. The lowest BCUT2D eigenvalue weighted by atomic mass is 9.97. The Bertz CT molecular complexity index is 2920. The Balaban J connectivity index is 1.39. The Kier molecular flexibility index (Phi) is 8.16. The number of benzene rings is 9. The SMILES string of the molecule is c1ccc(-c2ccccc2N(c2ccccc2)c2ccc3oc4ccc5ccccc5c4c3c2N(c2ccccc2)c2ccccc2-c2ccccc2)cc1. The first-order valence-corrected chi connectivity index (χ1v) is 18.7. The first-order valence-electron chi connectivity index (χ1n) is 18.7. The van der Waals surface area contributed by atoms with E-state index in [1.54, 1.807) is 0 Å². The zero-order valence-corrected chi connectivity index (χ0v) is 30.1. The molecule has 0 amide bonds. The van der Waals surface area contributed by atoms with Crippen molar-refractivity contribution < 1.29 is 4.42 Å². The highest BCUT2D eigenvalue weighted by Gasteiger charge is 2.29. The van der Waals surface area contributed by atoms with Gasteiger partial charge in [0.25, 0.3) is 0 Å². The molecule has 0 saturated heterocycles. The van der Waals surface area contributed by atoms with Gasteiger partial charge in [-0.15, -0.1) is 0 Å². The van der Waals surface area contributed by atoms with Crippen molar-refractivity contribution in [2.75, 3.05) is 9.80 Å². The minimum Gasteiger partial charge on any atom is -0.456 e. The van der Waals surface area contributed by atoms with E-state index in [1.807, 2.05) is 0 Å². The van der Waals surface area contributed by atoms with Crippen LogP contribution in [0.1, 0.15) is 0 Å². The molecule has 0 fully saturated rings. The van der Waals surface area contributed by atoms with E-state index in [4.69, 9.17) is 4.42 Å². The fraction of sp³-hybridized carbons (Fsp3) is 0. The van der Waals surface area contributed by atoms with Crippen LogP contribution in [-0.2, 0) is 0 Å². The smallest absolute Gasteiger partial charge is 0.137 e. The van der Waals surface area contributed by atoms with Gasteiger partial charge in [0.1, 0.15) is 11.2 Å². The molecule has 0 aliphatic heterocycles. The molecule has 3 nitrogen and oxygen atoms in total. The van der Waals surface area contributed by atoms with Crippen molar-refractivity contribution in [3.63, 3.8) is 0 Å². The average Bonchev–Trinajstić information content (AvgIpc) is 3.66. The first-order chi connectivity index (χ1) is 27.3. The number of hydrogen-bond acceptors (Lipinski definition) is 3. The molecule has 3 heteroatoms. The number of anilines is 6. The lowest BCUT2D eigenvalue weighted by molar-refractivity contribution is 0.669. The van der Waals surface area contributed by atoms with Gasteiger partial charge in [0.2, 0.25) is 0 Å². The third-order valence-corrected chi connectivity index (χ3v) is 10.4. The molecule has 260 valence electrons. The fourth-order valence-corrected chi connectivity index (χ4v) is 8.02. The molecule has 0 unspecified atom stereocenters. The topological polar surface area (TPSA) is 19.6 Å². The van der Waals surface area contributed by atoms with Gasteiger partial charge in [-0.05, 0) is 76.5 Å². The molecule has 10 rings (SSSR count). The van der Waals surface area contributed by atoms with Crippen molar-refractivity contribution in [2.24, 2.45) is 0 Å². The summed E-state index contributed by atoms with van der Waals surface area (Å²) >= 11 is 0. The summed E-state index contributed by atoms with van der Waals surface area (Å²) < 4.78 is 6.83. The van der Waals surface area contributed by atoms with Crippen LogP contribution in [0, 0.1) is 0 Å². The molecule has 0 N–H and O–H groups in total. The third kappa shape index (κ3) is 5.70. The van der Waals surface area contributed by atoms with Crippen molar-refractivity contribution in [3.8, 4) is 22.3 Å². The van der Waals surface area contributed by atoms with Gasteiger partial charge in [0.05, 0.1) is 28.1 Å². The molecule has 55 heavy (non-hydrogen) atoms. The molecule has 0 aliphatic carbocycles. The van der Waals surface area contributed by atoms with E-state index >= 15 is 0 Å². The van der Waals surface area contributed by atoms with Crippen LogP contribution in [0.5, 0.6) is 0 Å². The van der Waals surface area contributed by atoms with E-state index < -0.39 is 0 Å². The van der Waals surface area contributed by atoms with Gasteiger partial charge in [0, 0.05) is 27.9 Å². The molecule has 0 saturated carbocycles. The van der Waals surface area contributed by atoms with Crippen LogP contribution in [0.2, 0.25) is 0 Å². The number of hydrogen-bond donors (Lipinski definition) is 0. The molecule has 1 heterocycles. The van der Waals surface area contributed by atoms with Crippen LogP contribution < -0.4 is 9.80 Å². The second-order valence-corrected chi connectivity index (χ2v) is 13.7. The Morgan fingerprint density at radius 3 is 1.38 bits per heavy atom. The minimum absolute atomic E-state index is 0.826. The van der Waals surface area contributed by atoms with Gasteiger partial charge < -0.3 is 14.2 Å². The largest absolute Gasteiger partial charge is 0.456 e. The second-order valence-electron chi connectivity index (χ2n) is 13.7. The predicted molar refractivity (Wildman–Crippen MR) is 231 cm³/mol. The summed E-state index contributed by atoms with van der Waals surface area (Å²) in [6, 6.07) is 77.5. The van der Waals surface area contributed by atoms with Crippen LogP contribution >= 0.6 is 0 Å². The van der Waals surface area contributed by atoms with Crippen molar-refractivity contribution in [1.82, 2.24) is 0 Å². The standard InChI is InChI=1S/C52H36N2O/c1-5-19-37(20-6-1)42-28-15-17-31-45(42)53(40-24-9-3-10-25-40)47-34-36-49-51(50-44-30-14-13-23-39(44)33-35-48(50)55-49)52(47)54(41-26-11-4-12-27-41)46-32-18-16-29-43(46)38-21-7-2-8-22-38/h1-36H. The zero-order valence-electron chi connectivity index (χ0n) is 30.1. The van der Waals surface area contributed by atoms with E-state index in [1.165, 1.54) is 5.39 Å². The van der Waals surface area contributed by atoms with Crippen molar-refractivity contribution >= 4 is 66.8 Å².